The molecule has 1 unspecified atom stereocenters. The number of carbonyl (C=O) groups is 1. The fourth-order valence-electron chi connectivity index (χ4n) is 1.69. The minimum Gasteiger partial charge on any atom is -0.298 e. The highest BCUT2D eigenvalue weighted by atomic mass is 35.5. The van der Waals surface area contributed by atoms with Gasteiger partial charge in [-0.25, -0.2) is 0 Å². The van der Waals surface area contributed by atoms with E-state index in [4.69, 9.17) is 11.6 Å². The molecule has 1 aliphatic rings. The van der Waals surface area contributed by atoms with Gasteiger partial charge in [0, 0.05) is 5.92 Å². The molecule has 2 heteroatoms. The number of alkyl halides is 1. The quantitative estimate of drug-likeness (QED) is 0.608. The molecule has 0 aromatic carbocycles. The number of rotatable bonds is 2. The van der Waals surface area contributed by atoms with Crippen molar-refractivity contribution in [3.8, 4) is 0 Å². The van der Waals surface area contributed by atoms with Crippen LogP contribution in [0, 0.1) is 12.3 Å². The van der Waals surface area contributed by atoms with E-state index in [1.807, 2.05) is 0 Å². The molecule has 0 amide bonds. The predicted octanol–water partition coefficient (Wildman–Crippen LogP) is 2.97. The van der Waals surface area contributed by atoms with E-state index in [1.165, 1.54) is 25.7 Å². The summed E-state index contributed by atoms with van der Waals surface area (Å²) in [7, 11) is 0. The van der Waals surface area contributed by atoms with Crippen LogP contribution >= 0.6 is 11.6 Å². The van der Waals surface area contributed by atoms with Crippen molar-refractivity contribution in [1.82, 2.24) is 0 Å². The van der Waals surface area contributed by atoms with E-state index in [9.17, 15) is 4.79 Å². The number of hydrogen-bond acceptors (Lipinski definition) is 1. The number of ketones is 1. The van der Waals surface area contributed by atoms with Crippen LogP contribution in [0.2, 0.25) is 0 Å². The van der Waals surface area contributed by atoms with Crippen molar-refractivity contribution < 1.29 is 4.79 Å². The summed E-state index contributed by atoms with van der Waals surface area (Å²) in [6, 6.07) is 0. The molecular formula is C10H16ClO. The average Bonchev–Trinajstić information content (AvgIpc) is 2.02. The zero-order valence-corrected chi connectivity index (χ0v) is 8.15. The lowest BCUT2D eigenvalue weighted by Gasteiger charge is -2.16. The minimum atomic E-state index is 0.155. The monoisotopic (exact) mass is 187 g/mol. The lowest BCUT2D eigenvalue weighted by Crippen LogP contribution is -2.17. The summed E-state index contributed by atoms with van der Waals surface area (Å²) in [5.41, 5.74) is 0. The molecule has 0 aromatic heterocycles. The Labute approximate surface area is 79.5 Å². The van der Waals surface area contributed by atoms with Crippen LogP contribution in [-0.4, -0.2) is 11.7 Å². The molecule has 1 saturated carbocycles. The Bertz CT molecular complexity index is 137. The van der Waals surface area contributed by atoms with Crippen molar-refractivity contribution in [3.05, 3.63) is 6.42 Å². The summed E-state index contributed by atoms with van der Waals surface area (Å²) < 4.78 is 0. The first-order valence-corrected chi connectivity index (χ1v) is 5.30. The second-order valence-electron chi connectivity index (χ2n) is 3.43. The smallest absolute Gasteiger partial charge is 0.150 e. The van der Waals surface area contributed by atoms with Gasteiger partial charge < -0.3 is 0 Å². The van der Waals surface area contributed by atoms with Gasteiger partial charge >= 0.3 is 0 Å². The van der Waals surface area contributed by atoms with E-state index in [2.05, 4.69) is 6.42 Å². The summed E-state index contributed by atoms with van der Waals surface area (Å²) in [4.78, 5) is 11.3. The van der Waals surface area contributed by atoms with E-state index >= 15 is 0 Å². The first kappa shape index (κ1) is 10.0. The Morgan fingerprint density at radius 1 is 1.33 bits per heavy atom. The minimum absolute atomic E-state index is 0.155. The zero-order chi connectivity index (χ0) is 8.81. The molecule has 0 aromatic rings. The molecule has 0 N–H and O–H groups in total. The lowest BCUT2D eigenvalue weighted by atomic mass is 9.89. The van der Waals surface area contributed by atoms with Gasteiger partial charge in [0.05, 0.1) is 5.88 Å². The largest absolute Gasteiger partial charge is 0.298 e. The molecule has 0 bridgehead atoms. The molecule has 12 heavy (non-hydrogen) atoms. The molecule has 1 aliphatic carbocycles. The number of Topliss-reactive ketones (excluding diaryl/α,β-unsaturated/α-hetero) is 1. The summed E-state index contributed by atoms with van der Waals surface area (Å²) in [5.74, 6) is 0.544. The summed E-state index contributed by atoms with van der Waals surface area (Å²) in [6.07, 6.45) is 9.29. The van der Waals surface area contributed by atoms with Gasteiger partial charge in [0.2, 0.25) is 0 Å². The van der Waals surface area contributed by atoms with E-state index in [-0.39, 0.29) is 17.6 Å². The molecule has 0 aliphatic heterocycles. The number of carbonyl (C=O) groups excluding carboxylic acids is 1. The Hall–Kier alpha value is -0.0400. The standard InChI is InChI=1S/C10H16ClO/c11-8-10(12)9-6-4-2-1-3-5-7-9/h6,9H,1-5,7-8H2. The third-order valence-electron chi connectivity index (χ3n) is 2.47. The van der Waals surface area contributed by atoms with Gasteiger partial charge in [0.15, 0.2) is 5.78 Å². The molecule has 1 radical (unpaired) electrons. The van der Waals surface area contributed by atoms with Crippen LogP contribution < -0.4 is 0 Å². The molecule has 0 spiro atoms. The number of hydrogen-bond donors (Lipinski definition) is 0. The van der Waals surface area contributed by atoms with Crippen LogP contribution in [0.1, 0.15) is 38.5 Å². The van der Waals surface area contributed by atoms with Gasteiger partial charge in [-0.15, -0.1) is 11.6 Å². The van der Waals surface area contributed by atoms with Crippen LogP contribution in [0.15, 0.2) is 0 Å². The molecule has 0 heterocycles. The maximum absolute atomic E-state index is 11.3. The highest BCUT2D eigenvalue weighted by molar-refractivity contribution is 6.28. The van der Waals surface area contributed by atoms with E-state index in [0.717, 1.165) is 12.8 Å². The third kappa shape index (κ3) is 3.14. The Kier molecular flexibility index (Phi) is 4.67. The van der Waals surface area contributed by atoms with Gasteiger partial charge in [-0.3, -0.25) is 4.79 Å². The van der Waals surface area contributed by atoms with E-state index < -0.39 is 0 Å². The molecule has 1 rings (SSSR count). The summed E-state index contributed by atoms with van der Waals surface area (Å²) >= 11 is 5.51. The lowest BCUT2D eigenvalue weighted by molar-refractivity contribution is -0.119. The second-order valence-corrected chi connectivity index (χ2v) is 3.70. The molecular weight excluding hydrogens is 172 g/mol. The Morgan fingerprint density at radius 2 is 2.08 bits per heavy atom. The van der Waals surface area contributed by atoms with Crippen molar-refractivity contribution in [2.45, 2.75) is 38.5 Å². The van der Waals surface area contributed by atoms with Gasteiger partial charge in [-0.1, -0.05) is 25.7 Å². The molecule has 1 atom stereocenters. The van der Waals surface area contributed by atoms with Crippen molar-refractivity contribution in [1.29, 1.82) is 0 Å². The first-order valence-electron chi connectivity index (χ1n) is 4.76. The Balaban J connectivity index is 2.34. The van der Waals surface area contributed by atoms with Gasteiger partial charge in [0.1, 0.15) is 0 Å². The summed E-state index contributed by atoms with van der Waals surface area (Å²) in [6.45, 7) is 0. The van der Waals surface area contributed by atoms with E-state index in [0.29, 0.717) is 0 Å². The molecule has 1 fully saturated rings. The van der Waals surface area contributed by atoms with Crippen LogP contribution in [0.25, 0.3) is 0 Å². The maximum atomic E-state index is 11.3. The predicted molar refractivity (Wildman–Crippen MR) is 51.2 cm³/mol. The van der Waals surface area contributed by atoms with Gasteiger partial charge in [0.25, 0.3) is 0 Å². The zero-order valence-electron chi connectivity index (χ0n) is 7.39. The fraction of sp³-hybridized carbons (Fsp3) is 0.800. The van der Waals surface area contributed by atoms with Crippen LogP contribution in [0.3, 0.4) is 0 Å². The van der Waals surface area contributed by atoms with Crippen molar-refractivity contribution >= 4 is 17.4 Å². The van der Waals surface area contributed by atoms with Crippen molar-refractivity contribution in [2.75, 3.05) is 5.88 Å². The Morgan fingerprint density at radius 3 is 2.83 bits per heavy atom. The molecule has 0 saturated heterocycles. The van der Waals surface area contributed by atoms with Gasteiger partial charge in [-0.05, 0) is 19.3 Å². The fourth-order valence-corrected chi connectivity index (χ4v) is 1.89. The molecule has 69 valence electrons. The summed E-state index contributed by atoms with van der Waals surface area (Å²) in [5, 5.41) is 0. The first-order chi connectivity index (χ1) is 5.84. The SMILES string of the molecule is O=C(CCl)C1[CH]CCCCCC1. The highest BCUT2D eigenvalue weighted by Crippen LogP contribution is 2.22. The van der Waals surface area contributed by atoms with Crippen LogP contribution in [-0.2, 0) is 4.79 Å². The highest BCUT2D eigenvalue weighted by Gasteiger charge is 2.17. The van der Waals surface area contributed by atoms with Crippen LogP contribution in [0.4, 0.5) is 0 Å². The normalized spacial score (nSPS) is 21.4. The average molecular weight is 188 g/mol. The second kappa shape index (κ2) is 5.58. The number of halogens is 1. The maximum Gasteiger partial charge on any atom is 0.150 e. The molecule has 1 nitrogen and oxygen atoms in total. The van der Waals surface area contributed by atoms with E-state index in [1.54, 1.807) is 0 Å². The topological polar surface area (TPSA) is 17.1 Å². The van der Waals surface area contributed by atoms with Crippen molar-refractivity contribution in [2.24, 2.45) is 5.92 Å². The van der Waals surface area contributed by atoms with Crippen molar-refractivity contribution in [3.63, 3.8) is 0 Å². The third-order valence-corrected chi connectivity index (χ3v) is 2.73. The van der Waals surface area contributed by atoms with Gasteiger partial charge in [-0.2, -0.15) is 0 Å². The van der Waals surface area contributed by atoms with Crippen LogP contribution in [0.5, 0.6) is 0 Å².